The third-order valence-corrected chi connectivity index (χ3v) is 4.77. The molecule has 2 atom stereocenters. The first kappa shape index (κ1) is 22.8. The van der Waals surface area contributed by atoms with Crippen molar-refractivity contribution in [3.05, 3.63) is 29.1 Å². The van der Waals surface area contributed by atoms with Gasteiger partial charge in [0.1, 0.15) is 23.7 Å². The molecule has 0 aliphatic carbocycles. The van der Waals surface area contributed by atoms with Crippen LogP contribution in [0.4, 0.5) is 4.39 Å². The molecule has 1 aromatic carbocycles. The number of rotatable bonds is 7. The highest BCUT2D eigenvalue weighted by molar-refractivity contribution is 5.94. The Hall–Kier alpha value is -2.44. The molecule has 1 heterocycles. The van der Waals surface area contributed by atoms with Crippen LogP contribution in [-0.2, 0) is 15.9 Å². The number of benzene rings is 1. The van der Waals surface area contributed by atoms with Crippen molar-refractivity contribution in [2.24, 2.45) is 15.4 Å². The van der Waals surface area contributed by atoms with Crippen LogP contribution in [0.1, 0.15) is 56.5 Å². The van der Waals surface area contributed by atoms with E-state index in [0.717, 1.165) is 12.8 Å². The van der Waals surface area contributed by atoms with Crippen LogP contribution in [0.2, 0.25) is 0 Å². The number of methoxy groups -OCH3 is 2. The van der Waals surface area contributed by atoms with Crippen LogP contribution in [0.25, 0.3) is 0 Å². The van der Waals surface area contributed by atoms with E-state index >= 15 is 0 Å². The highest BCUT2D eigenvalue weighted by Crippen LogP contribution is 2.29. The summed E-state index contributed by atoms with van der Waals surface area (Å²) in [5.74, 6) is 0.706. The number of hydrogen-bond acceptors (Lipinski definition) is 6. The summed E-state index contributed by atoms with van der Waals surface area (Å²) < 4.78 is 31.2. The second kappa shape index (κ2) is 9.85. The summed E-state index contributed by atoms with van der Waals surface area (Å²) in [7, 11) is 3.08. The van der Waals surface area contributed by atoms with E-state index in [1.807, 2.05) is 27.7 Å². The fourth-order valence-corrected chi connectivity index (χ4v) is 3.13. The van der Waals surface area contributed by atoms with Gasteiger partial charge in [-0.1, -0.05) is 34.1 Å². The van der Waals surface area contributed by atoms with Gasteiger partial charge in [-0.25, -0.2) is 14.4 Å². The highest BCUT2D eigenvalue weighted by atomic mass is 19.1. The predicted octanol–water partition coefficient (Wildman–Crippen LogP) is 4.25. The number of hydrogen-bond donors (Lipinski definition) is 0. The lowest BCUT2D eigenvalue weighted by Gasteiger charge is -2.32. The lowest BCUT2D eigenvalue weighted by atomic mass is 9.86. The third-order valence-electron chi connectivity index (χ3n) is 4.77. The Labute approximate surface area is 172 Å². The molecule has 2 rings (SSSR count). The zero-order valence-electron chi connectivity index (χ0n) is 18.1. The molecule has 1 aromatic rings. The topological polar surface area (TPSA) is 69.5 Å². The molecule has 0 bridgehead atoms. The minimum absolute atomic E-state index is 0.193. The number of carbonyl (C=O) groups is 1. The zero-order chi connectivity index (χ0) is 21.6. The Morgan fingerprint density at radius 3 is 2.38 bits per heavy atom. The SMILES string of the molecule is CCCCOc1cc(F)c(C[C@@H]2N=C(OC)C(C(C)(C)C)N=C2OC)cc1C=O. The normalized spacial score (nSPS) is 19.3. The fraction of sp³-hybridized carbons (Fsp3) is 0.591. The Kier molecular flexibility index (Phi) is 7.76. The van der Waals surface area contributed by atoms with Crippen LogP contribution in [0, 0.1) is 11.2 Å². The molecule has 29 heavy (non-hydrogen) atoms. The highest BCUT2D eigenvalue weighted by Gasteiger charge is 2.36. The first-order valence-electron chi connectivity index (χ1n) is 9.88. The molecule has 0 amide bonds. The van der Waals surface area contributed by atoms with Crippen molar-refractivity contribution in [3.63, 3.8) is 0 Å². The molecule has 0 fully saturated rings. The minimum Gasteiger partial charge on any atom is -0.493 e. The van der Waals surface area contributed by atoms with Gasteiger partial charge >= 0.3 is 0 Å². The molecule has 0 saturated carbocycles. The van der Waals surface area contributed by atoms with Crippen molar-refractivity contribution in [2.45, 2.75) is 59.0 Å². The molecule has 1 aliphatic heterocycles. The Morgan fingerprint density at radius 2 is 1.83 bits per heavy atom. The molecule has 0 saturated heterocycles. The lowest BCUT2D eigenvalue weighted by molar-refractivity contribution is 0.111. The van der Waals surface area contributed by atoms with Crippen molar-refractivity contribution in [3.8, 4) is 5.75 Å². The van der Waals surface area contributed by atoms with E-state index in [2.05, 4.69) is 9.98 Å². The zero-order valence-corrected chi connectivity index (χ0v) is 18.1. The number of aldehydes is 1. The van der Waals surface area contributed by atoms with Crippen LogP contribution >= 0.6 is 0 Å². The number of unbranched alkanes of at least 4 members (excludes halogenated alkanes) is 1. The molecular weight excluding hydrogens is 375 g/mol. The average molecular weight is 406 g/mol. The summed E-state index contributed by atoms with van der Waals surface area (Å²) in [4.78, 5) is 20.8. The van der Waals surface area contributed by atoms with Gasteiger partial charge in [0.2, 0.25) is 11.8 Å². The van der Waals surface area contributed by atoms with E-state index in [1.54, 1.807) is 7.11 Å². The summed E-state index contributed by atoms with van der Waals surface area (Å²) in [6.07, 6.45) is 2.66. The largest absolute Gasteiger partial charge is 0.493 e. The Balaban J connectivity index is 2.32. The van der Waals surface area contributed by atoms with Crippen molar-refractivity contribution in [1.82, 2.24) is 0 Å². The van der Waals surface area contributed by atoms with Gasteiger partial charge in [-0.15, -0.1) is 0 Å². The van der Waals surface area contributed by atoms with Gasteiger partial charge < -0.3 is 14.2 Å². The van der Waals surface area contributed by atoms with Crippen LogP contribution in [-0.4, -0.2) is 51.0 Å². The van der Waals surface area contributed by atoms with Crippen LogP contribution in [0.15, 0.2) is 22.1 Å². The maximum atomic E-state index is 14.8. The molecule has 6 nitrogen and oxygen atoms in total. The molecule has 1 aliphatic rings. The predicted molar refractivity (Wildman–Crippen MR) is 112 cm³/mol. The summed E-state index contributed by atoms with van der Waals surface area (Å²) in [5.41, 5.74) is 0.447. The van der Waals surface area contributed by atoms with Gasteiger partial charge in [0.15, 0.2) is 6.29 Å². The number of nitrogens with zero attached hydrogens (tertiary/aromatic N) is 2. The van der Waals surface area contributed by atoms with Gasteiger partial charge in [-0.3, -0.25) is 4.79 Å². The quantitative estimate of drug-likeness (QED) is 0.501. The van der Waals surface area contributed by atoms with Crippen molar-refractivity contribution in [2.75, 3.05) is 20.8 Å². The van der Waals surface area contributed by atoms with Crippen molar-refractivity contribution < 1.29 is 23.4 Å². The van der Waals surface area contributed by atoms with Crippen LogP contribution < -0.4 is 4.74 Å². The number of halogens is 1. The Morgan fingerprint density at radius 1 is 1.14 bits per heavy atom. The van der Waals surface area contributed by atoms with Crippen molar-refractivity contribution in [1.29, 1.82) is 0 Å². The van der Waals surface area contributed by atoms with Crippen LogP contribution in [0.3, 0.4) is 0 Å². The average Bonchev–Trinajstić information content (AvgIpc) is 2.68. The first-order valence-corrected chi connectivity index (χ1v) is 9.88. The number of ether oxygens (including phenoxy) is 3. The lowest BCUT2D eigenvalue weighted by Crippen LogP contribution is -2.42. The Bertz CT molecular complexity index is 784. The van der Waals surface area contributed by atoms with E-state index in [-0.39, 0.29) is 23.6 Å². The molecule has 0 radical (unpaired) electrons. The smallest absolute Gasteiger partial charge is 0.210 e. The van der Waals surface area contributed by atoms with E-state index in [1.165, 1.54) is 19.2 Å². The summed E-state index contributed by atoms with van der Waals surface area (Å²) in [5, 5.41) is 0. The van der Waals surface area contributed by atoms with Gasteiger partial charge in [-0.05, 0) is 23.5 Å². The molecule has 0 spiro atoms. The monoisotopic (exact) mass is 406 g/mol. The van der Waals surface area contributed by atoms with Gasteiger partial charge in [-0.2, -0.15) is 0 Å². The van der Waals surface area contributed by atoms with Crippen molar-refractivity contribution >= 4 is 18.1 Å². The van der Waals surface area contributed by atoms with Crippen LogP contribution in [0.5, 0.6) is 5.75 Å². The molecule has 1 unspecified atom stereocenters. The molecule has 7 heteroatoms. The standard InChI is InChI=1S/C22H31FN2O4/c1-7-8-9-29-18-12-16(23)14(10-15(18)13-26)11-17-20(27-5)25-19(22(2,3)4)21(24-17)28-6/h10,12-13,17,19H,7-9,11H2,1-6H3/t17-,19?/m0/s1. The molecule has 160 valence electrons. The molecule has 0 N–H and O–H groups in total. The second-order valence-corrected chi connectivity index (χ2v) is 8.13. The maximum absolute atomic E-state index is 14.8. The first-order chi connectivity index (χ1) is 13.7. The summed E-state index contributed by atoms with van der Waals surface area (Å²) in [6, 6.07) is 1.95. The molecular formula is C22H31FN2O4. The minimum atomic E-state index is -0.533. The number of carbonyl (C=O) groups excluding carboxylic acids is 1. The van der Waals surface area contributed by atoms with Gasteiger partial charge in [0, 0.05) is 12.5 Å². The molecule has 0 aromatic heterocycles. The van der Waals surface area contributed by atoms with Gasteiger partial charge in [0.05, 0.1) is 26.4 Å². The maximum Gasteiger partial charge on any atom is 0.210 e. The van der Waals surface area contributed by atoms with E-state index in [0.29, 0.717) is 35.8 Å². The summed E-state index contributed by atoms with van der Waals surface area (Å²) >= 11 is 0. The third kappa shape index (κ3) is 5.55. The van der Waals surface area contributed by atoms with E-state index in [4.69, 9.17) is 14.2 Å². The van der Waals surface area contributed by atoms with Gasteiger partial charge in [0.25, 0.3) is 0 Å². The van der Waals surface area contributed by atoms with E-state index < -0.39 is 11.9 Å². The fourth-order valence-electron chi connectivity index (χ4n) is 3.13. The number of aliphatic imine (C=N–C) groups is 2. The van der Waals surface area contributed by atoms with E-state index in [9.17, 15) is 9.18 Å². The second-order valence-electron chi connectivity index (χ2n) is 8.13. The summed E-state index contributed by atoms with van der Waals surface area (Å²) in [6.45, 7) is 8.59.